The summed E-state index contributed by atoms with van der Waals surface area (Å²) in [5, 5.41) is 3.16. The van der Waals surface area contributed by atoms with Gasteiger partial charge in [0.05, 0.1) is 0 Å². The summed E-state index contributed by atoms with van der Waals surface area (Å²) in [4.78, 5) is 17.5. The minimum Gasteiger partial charge on any atom is -0.338 e. The molecule has 27 heavy (non-hydrogen) atoms. The smallest absolute Gasteiger partial charge is 0.317 e. The van der Waals surface area contributed by atoms with Crippen molar-refractivity contribution >= 4 is 6.03 Å². The second-order valence-electron chi connectivity index (χ2n) is 8.88. The van der Waals surface area contributed by atoms with E-state index in [-0.39, 0.29) is 11.6 Å². The molecule has 2 fully saturated rings. The van der Waals surface area contributed by atoms with Gasteiger partial charge in [-0.1, -0.05) is 36.8 Å². The predicted molar refractivity (Wildman–Crippen MR) is 112 cm³/mol. The number of piperidine rings is 2. The lowest BCUT2D eigenvalue weighted by atomic mass is 9.85. The summed E-state index contributed by atoms with van der Waals surface area (Å²) in [6.07, 6.45) is 9.50. The Kier molecular flexibility index (Phi) is 7.17. The SMILES string of the molecule is CC1(C)CC(N2CCCCC2)CCN1C(=O)NCCCCc1ccccc1. The second-order valence-corrected chi connectivity index (χ2v) is 8.88. The van der Waals surface area contributed by atoms with Gasteiger partial charge in [-0.15, -0.1) is 0 Å². The van der Waals surface area contributed by atoms with Crippen molar-refractivity contribution in [3.05, 3.63) is 35.9 Å². The predicted octanol–water partition coefficient (Wildman–Crippen LogP) is 4.45. The van der Waals surface area contributed by atoms with E-state index >= 15 is 0 Å². The van der Waals surface area contributed by atoms with Gasteiger partial charge in [0.1, 0.15) is 0 Å². The first kappa shape index (κ1) is 20.2. The maximum Gasteiger partial charge on any atom is 0.317 e. The molecule has 1 aromatic carbocycles. The standard InChI is InChI=1S/C23H37N3O/c1-23(2)19-21(25-16-9-4-10-17-25)14-18-26(23)22(27)24-15-8-7-13-20-11-5-3-6-12-20/h3,5-6,11-12,21H,4,7-10,13-19H2,1-2H3,(H,24,27). The number of hydrogen-bond donors (Lipinski definition) is 1. The van der Waals surface area contributed by atoms with Gasteiger partial charge in [-0.05, 0) is 77.4 Å². The molecule has 2 aliphatic heterocycles. The van der Waals surface area contributed by atoms with Crippen molar-refractivity contribution in [2.45, 2.75) is 76.8 Å². The highest BCUT2D eigenvalue weighted by molar-refractivity contribution is 5.75. The molecule has 4 heteroatoms. The van der Waals surface area contributed by atoms with Gasteiger partial charge in [0, 0.05) is 24.7 Å². The third-order valence-corrected chi connectivity index (χ3v) is 6.32. The lowest BCUT2D eigenvalue weighted by Gasteiger charge is -2.49. The zero-order valence-corrected chi connectivity index (χ0v) is 17.3. The highest BCUT2D eigenvalue weighted by Gasteiger charge is 2.39. The Morgan fingerprint density at radius 2 is 1.81 bits per heavy atom. The molecule has 0 spiro atoms. The van der Waals surface area contributed by atoms with Crippen molar-refractivity contribution in [2.24, 2.45) is 0 Å². The van der Waals surface area contributed by atoms with Crippen molar-refractivity contribution in [1.29, 1.82) is 0 Å². The van der Waals surface area contributed by atoms with Crippen LogP contribution in [0.2, 0.25) is 0 Å². The molecule has 1 N–H and O–H groups in total. The molecule has 2 aliphatic rings. The summed E-state index contributed by atoms with van der Waals surface area (Å²) in [5.74, 6) is 0. The van der Waals surface area contributed by atoms with E-state index in [0.29, 0.717) is 6.04 Å². The molecule has 1 aromatic rings. The first-order chi connectivity index (χ1) is 13.1. The van der Waals surface area contributed by atoms with Crippen LogP contribution in [0.25, 0.3) is 0 Å². The lowest BCUT2D eigenvalue weighted by Crippen LogP contribution is -2.60. The third kappa shape index (κ3) is 5.71. The number of carbonyl (C=O) groups is 1. The number of unbranched alkanes of at least 4 members (excludes halogenated alkanes) is 1. The van der Waals surface area contributed by atoms with E-state index in [1.165, 1.54) is 37.9 Å². The second kappa shape index (κ2) is 9.59. The fourth-order valence-electron chi connectivity index (χ4n) is 4.73. The molecular weight excluding hydrogens is 334 g/mol. The minimum atomic E-state index is -0.0610. The quantitative estimate of drug-likeness (QED) is 0.750. The van der Waals surface area contributed by atoms with Crippen LogP contribution in [-0.2, 0) is 6.42 Å². The normalized spacial score (nSPS) is 23.2. The number of urea groups is 1. The number of nitrogens with one attached hydrogen (secondary N) is 1. The summed E-state index contributed by atoms with van der Waals surface area (Å²) in [6.45, 7) is 8.61. The van der Waals surface area contributed by atoms with Crippen LogP contribution in [-0.4, -0.2) is 53.6 Å². The van der Waals surface area contributed by atoms with E-state index in [1.54, 1.807) is 0 Å². The molecule has 0 radical (unpaired) electrons. The maximum atomic E-state index is 12.7. The summed E-state index contributed by atoms with van der Waals surface area (Å²) in [7, 11) is 0. The Morgan fingerprint density at radius 3 is 2.52 bits per heavy atom. The van der Waals surface area contributed by atoms with Gasteiger partial charge >= 0.3 is 6.03 Å². The third-order valence-electron chi connectivity index (χ3n) is 6.32. The highest BCUT2D eigenvalue weighted by atomic mass is 16.2. The molecule has 0 saturated carbocycles. The fraction of sp³-hybridized carbons (Fsp3) is 0.696. The van der Waals surface area contributed by atoms with Crippen LogP contribution < -0.4 is 5.32 Å². The first-order valence-corrected chi connectivity index (χ1v) is 10.9. The number of aryl methyl sites for hydroxylation is 1. The van der Waals surface area contributed by atoms with Crippen LogP contribution in [0.1, 0.15) is 64.4 Å². The lowest BCUT2D eigenvalue weighted by molar-refractivity contribution is 0.0342. The molecule has 4 nitrogen and oxygen atoms in total. The van der Waals surface area contributed by atoms with E-state index in [2.05, 4.69) is 59.3 Å². The molecule has 2 amide bonds. The molecule has 0 aliphatic carbocycles. The van der Waals surface area contributed by atoms with E-state index < -0.39 is 0 Å². The van der Waals surface area contributed by atoms with Crippen LogP contribution in [0.5, 0.6) is 0 Å². The van der Waals surface area contributed by atoms with Crippen molar-refractivity contribution in [3.8, 4) is 0 Å². The monoisotopic (exact) mass is 371 g/mol. The van der Waals surface area contributed by atoms with E-state index in [4.69, 9.17) is 0 Å². The Balaban J connectivity index is 1.39. The molecule has 1 unspecified atom stereocenters. The van der Waals surface area contributed by atoms with Gasteiger partial charge in [0.15, 0.2) is 0 Å². The molecule has 2 heterocycles. The topological polar surface area (TPSA) is 35.6 Å². The van der Waals surface area contributed by atoms with Crippen molar-refractivity contribution in [1.82, 2.24) is 15.1 Å². The molecular formula is C23H37N3O. The average molecular weight is 372 g/mol. The van der Waals surface area contributed by atoms with Crippen LogP contribution in [0.15, 0.2) is 30.3 Å². The van der Waals surface area contributed by atoms with Crippen molar-refractivity contribution < 1.29 is 4.79 Å². The van der Waals surface area contributed by atoms with Gasteiger partial charge in [0.25, 0.3) is 0 Å². The largest absolute Gasteiger partial charge is 0.338 e. The molecule has 2 saturated heterocycles. The number of nitrogens with zero attached hydrogens (tertiary/aromatic N) is 2. The summed E-state index contributed by atoms with van der Waals surface area (Å²) in [6, 6.07) is 11.4. The summed E-state index contributed by atoms with van der Waals surface area (Å²) < 4.78 is 0. The zero-order valence-electron chi connectivity index (χ0n) is 17.3. The van der Waals surface area contributed by atoms with Gasteiger partial charge in [0.2, 0.25) is 0 Å². The number of amides is 2. The van der Waals surface area contributed by atoms with Gasteiger partial charge in [-0.25, -0.2) is 4.79 Å². The van der Waals surface area contributed by atoms with Crippen molar-refractivity contribution in [3.63, 3.8) is 0 Å². The Hall–Kier alpha value is -1.55. The van der Waals surface area contributed by atoms with Gasteiger partial charge < -0.3 is 15.1 Å². The zero-order chi connectivity index (χ0) is 19.1. The number of carbonyl (C=O) groups excluding carboxylic acids is 1. The summed E-state index contributed by atoms with van der Waals surface area (Å²) in [5.41, 5.74) is 1.32. The van der Waals surface area contributed by atoms with E-state index in [0.717, 1.165) is 45.2 Å². The minimum absolute atomic E-state index is 0.0610. The van der Waals surface area contributed by atoms with Crippen LogP contribution in [0.3, 0.4) is 0 Å². The maximum absolute atomic E-state index is 12.7. The number of benzene rings is 1. The first-order valence-electron chi connectivity index (χ1n) is 10.9. The average Bonchev–Trinajstić information content (AvgIpc) is 2.68. The van der Waals surface area contributed by atoms with Gasteiger partial charge in [-0.2, -0.15) is 0 Å². The molecule has 0 bridgehead atoms. The van der Waals surface area contributed by atoms with Gasteiger partial charge in [-0.3, -0.25) is 0 Å². The van der Waals surface area contributed by atoms with Crippen LogP contribution in [0.4, 0.5) is 4.79 Å². The number of likely N-dealkylation sites (tertiary alicyclic amines) is 2. The molecule has 0 aromatic heterocycles. The fourth-order valence-corrected chi connectivity index (χ4v) is 4.73. The highest BCUT2D eigenvalue weighted by Crippen LogP contribution is 2.31. The molecule has 3 rings (SSSR count). The number of hydrogen-bond acceptors (Lipinski definition) is 2. The Morgan fingerprint density at radius 1 is 1.07 bits per heavy atom. The molecule has 1 atom stereocenters. The number of rotatable bonds is 6. The molecule has 150 valence electrons. The van der Waals surface area contributed by atoms with E-state index in [1.807, 2.05) is 0 Å². The summed E-state index contributed by atoms with van der Waals surface area (Å²) >= 11 is 0. The van der Waals surface area contributed by atoms with Crippen LogP contribution >= 0.6 is 0 Å². The van der Waals surface area contributed by atoms with Crippen LogP contribution in [0, 0.1) is 0 Å². The Labute approximate surface area is 165 Å². The Bertz CT molecular complexity index is 581. The van der Waals surface area contributed by atoms with Crippen molar-refractivity contribution in [2.75, 3.05) is 26.2 Å². The van der Waals surface area contributed by atoms with E-state index in [9.17, 15) is 4.79 Å².